The normalized spacial score (nSPS) is 28.7. The van der Waals surface area contributed by atoms with E-state index in [1.807, 2.05) is 0 Å². The molecule has 18 heavy (non-hydrogen) atoms. The number of anilines is 1. The van der Waals surface area contributed by atoms with Crippen LogP contribution in [0, 0.1) is 0 Å². The summed E-state index contributed by atoms with van der Waals surface area (Å²) in [5, 5.41) is 5.22. The minimum Gasteiger partial charge on any atom is -0.302 e. The van der Waals surface area contributed by atoms with Crippen LogP contribution < -0.4 is 5.01 Å². The van der Waals surface area contributed by atoms with E-state index < -0.39 is 0 Å². The molecule has 0 spiro atoms. The third kappa shape index (κ3) is 1.93. The Balaban J connectivity index is 1.99. The third-order valence-electron chi connectivity index (χ3n) is 4.30. The molecule has 1 aromatic carbocycles. The third-order valence-corrected chi connectivity index (χ3v) is 4.30. The van der Waals surface area contributed by atoms with Gasteiger partial charge in [-0.15, -0.1) is 0 Å². The average Bonchev–Trinajstić information content (AvgIpc) is 2.39. The van der Waals surface area contributed by atoms with Gasteiger partial charge in [-0.2, -0.15) is 0 Å². The molecular formula is C16H24N2. The lowest BCUT2D eigenvalue weighted by Crippen LogP contribution is -2.67. The SMILES string of the molecule is CC(C)(C)N1C2CCC(CC2)N1c1ccccc1. The first kappa shape index (κ1) is 12.0. The second kappa shape index (κ2) is 4.27. The molecule has 0 atom stereocenters. The van der Waals surface area contributed by atoms with E-state index in [0.29, 0.717) is 6.04 Å². The number of hydrogen-bond donors (Lipinski definition) is 0. The van der Waals surface area contributed by atoms with Gasteiger partial charge in [0.15, 0.2) is 0 Å². The average molecular weight is 244 g/mol. The zero-order chi connectivity index (χ0) is 12.8. The van der Waals surface area contributed by atoms with Gasteiger partial charge in [0.25, 0.3) is 0 Å². The lowest BCUT2D eigenvalue weighted by Gasteiger charge is -2.59. The molecule has 1 aromatic rings. The molecule has 3 fully saturated rings. The number of nitrogens with zero attached hydrogens (tertiary/aromatic N) is 2. The molecule has 98 valence electrons. The Labute approximate surface area is 111 Å². The molecule has 0 amide bonds. The minimum atomic E-state index is 0.208. The second-order valence-electron chi connectivity index (χ2n) is 6.66. The van der Waals surface area contributed by atoms with Gasteiger partial charge in [-0.3, -0.25) is 0 Å². The largest absolute Gasteiger partial charge is 0.302 e. The van der Waals surface area contributed by atoms with Crippen molar-refractivity contribution in [2.45, 2.75) is 64.1 Å². The highest BCUT2D eigenvalue weighted by Crippen LogP contribution is 2.41. The van der Waals surface area contributed by atoms with Crippen molar-refractivity contribution in [3.05, 3.63) is 30.3 Å². The van der Waals surface area contributed by atoms with Crippen LogP contribution in [0.2, 0.25) is 0 Å². The van der Waals surface area contributed by atoms with Crippen molar-refractivity contribution in [3.63, 3.8) is 0 Å². The van der Waals surface area contributed by atoms with E-state index in [-0.39, 0.29) is 5.54 Å². The lowest BCUT2D eigenvalue weighted by molar-refractivity contribution is -0.0143. The van der Waals surface area contributed by atoms with Gasteiger partial charge in [0.2, 0.25) is 0 Å². The molecule has 0 aromatic heterocycles. The number of hydrazine groups is 1. The Kier molecular flexibility index (Phi) is 2.86. The van der Waals surface area contributed by atoms with Gasteiger partial charge in [0.1, 0.15) is 0 Å². The maximum Gasteiger partial charge on any atom is 0.0525 e. The van der Waals surface area contributed by atoms with Gasteiger partial charge in [-0.1, -0.05) is 18.2 Å². The van der Waals surface area contributed by atoms with Crippen LogP contribution in [0.5, 0.6) is 0 Å². The number of rotatable bonds is 1. The van der Waals surface area contributed by atoms with Gasteiger partial charge >= 0.3 is 0 Å². The monoisotopic (exact) mass is 244 g/mol. The van der Waals surface area contributed by atoms with Crippen LogP contribution in [-0.2, 0) is 0 Å². The summed E-state index contributed by atoms with van der Waals surface area (Å²) in [5.41, 5.74) is 1.57. The van der Waals surface area contributed by atoms with Gasteiger partial charge in [0, 0.05) is 17.6 Å². The molecule has 2 aliphatic heterocycles. The summed E-state index contributed by atoms with van der Waals surface area (Å²) in [6.07, 6.45) is 5.44. The maximum atomic E-state index is 2.64. The smallest absolute Gasteiger partial charge is 0.0525 e. The molecule has 2 bridgehead atoms. The highest BCUT2D eigenvalue weighted by Gasteiger charge is 2.44. The summed E-state index contributed by atoms with van der Waals surface area (Å²) in [7, 11) is 0. The molecule has 3 aliphatic rings. The summed E-state index contributed by atoms with van der Waals surface area (Å²) < 4.78 is 0. The van der Waals surface area contributed by atoms with E-state index in [2.05, 4.69) is 61.1 Å². The van der Waals surface area contributed by atoms with Crippen LogP contribution in [0.15, 0.2) is 30.3 Å². The van der Waals surface area contributed by atoms with Crippen molar-refractivity contribution in [3.8, 4) is 0 Å². The van der Waals surface area contributed by atoms with E-state index in [4.69, 9.17) is 0 Å². The van der Waals surface area contributed by atoms with Crippen LogP contribution in [0.1, 0.15) is 46.5 Å². The Morgan fingerprint density at radius 1 is 0.889 bits per heavy atom. The van der Waals surface area contributed by atoms with Crippen LogP contribution >= 0.6 is 0 Å². The first-order valence-electron chi connectivity index (χ1n) is 7.21. The number of fused-ring (bicyclic) bond motifs is 3. The Morgan fingerprint density at radius 2 is 1.44 bits per heavy atom. The fourth-order valence-electron chi connectivity index (χ4n) is 3.69. The zero-order valence-electron chi connectivity index (χ0n) is 11.8. The van der Waals surface area contributed by atoms with Crippen LogP contribution in [0.3, 0.4) is 0 Å². The van der Waals surface area contributed by atoms with E-state index in [9.17, 15) is 0 Å². The molecule has 1 aliphatic carbocycles. The van der Waals surface area contributed by atoms with Crippen molar-refractivity contribution in [1.82, 2.24) is 5.01 Å². The predicted molar refractivity (Wildman–Crippen MR) is 76.6 cm³/mol. The van der Waals surface area contributed by atoms with E-state index in [1.54, 1.807) is 0 Å². The highest BCUT2D eigenvalue weighted by molar-refractivity contribution is 5.47. The summed E-state index contributed by atoms with van der Waals surface area (Å²) in [5.74, 6) is 0. The van der Waals surface area contributed by atoms with E-state index in [1.165, 1.54) is 31.4 Å². The molecule has 0 unspecified atom stereocenters. The molecule has 2 nitrogen and oxygen atoms in total. The summed E-state index contributed by atoms with van der Waals surface area (Å²) in [4.78, 5) is 0. The molecule has 2 heterocycles. The molecule has 0 N–H and O–H groups in total. The molecule has 2 heteroatoms. The number of benzene rings is 1. The molecule has 4 rings (SSSR count). The molecular weight excluding hydrogens is 220 g/mol. The topological polar surface area (TPSA) is 6.48 Å². The predicted octanol–water partition coefficient (Wildman–Crippen LogP) is 3.83. The van der Waals surface area contributed by atoms with Gasteiger partial charge in [-0.25, -0.2) is 5.01 Å². The fourth-order valence-corrected chi connectivity index (χ4v) is 3.69. The van der Waals surface area contributed by atoms with Crippen LogP contribution in [0.25, 0.3) is 0 Å². The van der Waals surface area contributed by atoms with Crippen molar-refractivity contribution in [2.24, 2.45) is 0 Å². The first-order chi connectivity index (χ1) is 8.57. The number of para-hydroxylation sites is 1. The number of hydrogen-bond acceptors (Lipinski definition) is 2. The van der Waals surface area contributed by atoms with Gasteiger partial charge in [0.05, 0.1) is 5.69 Å². The van der Waals surface area contributed by atoms with Crippen molar-refractivity contribution in [1.29, 1.82) is 0 Å². The summed E-state index contributed by atoms with van der Waals surface area (Å²) in [6.45, 7) is 7.01. The zero-order valence-corrected chi connectivity index (χ0v) is 11.8. The Bertz CT molecular complexity index is 399. The van der Waals surface area contributed by atoms with Crippen LogP contribution in [-0.4, -0.2) is 22.6 Å². The van der Waals surface area contributed by atoms with Crippen molar-refractivity contribution >= 4 is 5.69 Å². The van der Waals surface area contributed by atoms with Gasteiger partial charge < -0.3 is 5.01 Å². The lowest BCUT2D eigenvalue weighted by atomic mass is 9.84. The second-order valence-corrected chi connectivity index (χ2v) is 6.66. The first-order valence-corrected chi connectivity index (χ1v) is 7.21. The fraction of sp³-hybridized carbons (Fsp3) is 0.625. The van der Waals surface area contributed by atoms with Crippen molar-refractivity contribution in [2.75, 3.05) is 5.01 Å². The van der Waals surface area contributed by atoms with Crippen LogP contribution in [0.4, 0.5) is 5.69 Å². The highest BCUT2D eigenvalue weighted by atomic mass is 15.7. The maximum absolute atomic E-state index is 2.64. The summed E-state index contributed by atoms with van der Waals surface area (Å²) >= 11 is 0. The van der Waals surface area contributed by atoms with Gasteiger partial charge in [-0.05, 0) is 58.6 Å². The van der Waals surface area contributed by atoms with Crippen molar-refractivity contribution < 1.29 is 0 Å². The molecule has 0 radical (unpaired) electrons. The standard InChI is InChI=1S/C16H24N2/c1-16(2,3)18-15-11-9-14(10-12-15)17(18)13-7-5-4-6-8-13/h4-8,14-15H,9-12H2,1-3H3. The Morgan fingerprint density at radius 3 is 2.00 bits per heavy atom. The van der Waals surface area contributed by atoms with E-state index in [0.717, 1.165) is 6.04 Å². The quantitative estimate of drug-likeness (QED) is 0.740. The van der Waals surface area contributed by atoms with E-state index >= 15 is 0 Å². The molecule has 1 saturated carbocycles. The summed E-state index contributed by atoms with van der Waals surface area (Å²) in [6, 6.07) is 12.3. The Hall–Kier alpha value is -1.02. The minimum absolute atomic E-state index is 0.208. The molecule has 2 saturated heterocycles.